The molecule has 0 unspecified atom stereocenters. The normalized spacial score (nSPS) is 10.7. The molecule has 1 aromatic carbocycles. The molecular weight excluding hydrogens is 343 g/mol. The number of carboxylic acid groups (broad SMARTS) is 1. The van der Waals surface area contributed by atoms with Crippen LogP contribution in [0.3, 0.4) is 0 Å². The van der Waals surface area contributed by atoms with Crippen molar-refractivity contribution < 1.29 is 15.0 Å². The van der Waals surface area contributed by atoms with Crippen LogP contribution in [0.2, 0.25) is 0 Å². The Morgan fingerprint density at radius 3 is 2.56 bits per heavy atom. The summed E-state index contributed by atoms with van der Waals surface area (Å²) < 4.78 is 0. The predicted molar refractivity (Wildman–Crippen MR) is 75.3 cm³/mol. The highest BCUT2D eigenvalue weighted by molar-refractivity contribution is 14.0. The standard InChI is InChI=1S/C9H10N2O3S.HI/c1-15-9(10)11-5-2-3-6(8(13)14)7(12)4-5;/h2-4,12H,1H3,(H2,10,11)(H,13,14);1H. The van der Waals surface area contributed by atoms with Gasteiger partial charge in [0.05, 0.1) is 5.69 Å². The first-order valence-electron chi connectivity index (χ1n) is 3.99. The summed E-state index contributed by atoms with van der Waals surface area (Å²) in [6, 6.07) is 4.02. The fourth-order valence-electron chi connectivity index (χ4n) is 0.943. The van der Waals surface area contributed by atoms with E-state index >= 15 is 0 Å². The minimum Gasteiger partial charge on any atom is -0.507 e. The van der Waals surface area contributed by atoms with Crippen molar-refractivity contribution in [1.29, 1.82) is 0 Å². The smallest absolute Gasteiger partial charge is 0.339 e. The van der Waals surface area contributed by atoms with Gasteiger partial charge in [-0.05, 0) is 18.4 Å². The molecule has 5 nitrogen and oxygen atoms in total. The number of benzene rings is 1. The number of rotatable bonds is 2. The van der Waals surface area contributed by atoms with Crippen LogP contribution < -0.4 is 5.73 Å². The number of aliphatic imine (C=N–C) groups is 1. The zero-order valence-electron chi connectivity index (χ0n) is 8.38. The summed E-state index contributed by atoms with van der Waals surface area (Å²) in [6.07, 6.45) is 1.77. The summed E-state index contributed by atoms with van der Waals surface area (Å²) in [5.41, 5.74) is 5.73. The Balaban J connectivity index is 0.00000225. The average Bonchev–Trinajstić information content (AvgIpc) is 2.17. The van der Waals surface area contributed by atoms with E-state index < -0.39 is 5.97 Å². The summed E-state index contributed by atoms with van der Waals surface area (Å²) in [5, 5.41) is 18.4. The largest absolute Gasteiger partial charge is 0.507 e. The van der Waals surface area contributed by atoms with Gasteiger partial charge >= 0.3 is 5.97 Å². The highest BCUT2D eigenvalue weighted by Crippen LogP contribution is 2.24. The zero-order chi connectivity index (χ0) is 11.4. The number of carboxylic acids is 1. The molecule has 1 aromatic rings. The van der Waals surface area contributed by atoms with Crippen molar-refractivity contribution in [2.24, 2.45) is 10.7 Å². The van der Waals surface area contributed by atoms with Crippen molar-refractivity contribution in [3.63, 3.8) is 0 Å². The van der Waals surface area contributed by atoms with Crippen molar-refractivity contribution in [2.45, 2.75) is 0 Å². The minimum atomic E-state index is -1.18. The Morgan fingerprint density at radius 2 is 2.12 bits per heavy atom. The molecule has 0 fully saturated rings. The summed E-state index contributed by atoms with van der Waals surface area (Å²) in [5.74, 6) is -1.50. The van der Waals surface area contributed by atoms with Gasteiger partial charge in [-0.1, -0.05) is 11.8 Å². The summed E-state index contributed by atoms with van der Waals surface area (Å²) in [7, 11) is 0. The van der Waals surface area contributed by atoms with Gasteiger partial charge in [0.25, 0.3) is 0 Å². The lowest BCUT2D eigenvalue weighted by atomic mass is 10.2. The number of phenols is 1. The first-order valence-corrected chi connectivity index (χ1v) is 5.21. The third-order valence-corrected chi connectivity index (χ3v) is 2.17. The second-order valence-electron chi connectivity index (χ2n) is 2.66. The Kier molecular flexibility index (Phi) is 6.19. The lowest BCUT2D eigenvalue weighted by Crippen LogP contribution is -2.04. The van der Waals surface area contributed by atoms with Crippen molar-refractivity contribution in [3.8, 4) is 5.75 Å². The van der Waals surface area contributed by atoms with Crippen LogP contribution in [0.15, 0.2) is 23.2 Å². The monoisotopic (exact) mass is 354 g/mol. The topological polar surface area (TPSA) is 95.9 Å². The maximum atomic E-state index is 10.6. The molecule has 0 saturated carbocycles. The van der Waals surface area contributed by atoms with E-state index in [1.54, 1.807) is 6.26 Å². The van der Waals surface area contributed by atoms with Gasteiger partial charge in [0, 0.05) is 6.07 Å². The molecule has 0 aliphatic rings. The molecule has 0 aliphatic carbocycles. The first-order chi connectivity index (χ1) is 7.04. The van der Waals surface area contributed by atoms with Gasteiger partial charge in [0.1, 0.15) is 11.3 Å². The average molecular weight is 354 g/mol. The maximum absolute atomic E-state index is 10.6. The lowest BCUT2D eigenvalue weighted by molar-refractivity contribution is 0.0694. The molecule has 0 bridgehead atoms. The van der Waals surface area contributed by atoms with Crippen LogP contribution in [0, 0.1) is 0 Å². The SMILES string of the molecule is CSC(N)=Nc1ccc(C(=O)O)c(O)c1.I. The van der Waals surface area contributed by atoms with E-state index in [0.29, 0.717) is 10.9 Å². The molecule has 88 valence electrons. The number of carbonyl (C=O) groups is 1. The third kappa shape index (κ3) is 3.89. The van der Waals surface area contributed by atoms with E-state index in [9.17, 15) is 9.90 Å². The zero-order valence-corrected chi connectivity index (χ0v) is 11.5. The number of hydrogen-bond acceptors (Lipinski definition) is 4. The highest BCUT2D eigenvalue weighted by atomic mass is 127. The van der Waals surface area contributed by atoms with Crippen LogP contribution >= 0.6 is 35.7 Å². The van der Waals surface area contributed by atoms with Crippen LogP contribution in [-0.2, 0) is 0 Å². The van der Waals surface area contributed by atoms with E-state index in [0.717, 1.165) is 0 Å². The van der Waals surface area contributed by atoms with Crippen molar-refractivity contribution in [1.82, 2.24) is 0 Å². The number of amidine groups is 1. The van der Waals surface area contributed by atoms with Gasteiger partial charge < -0.3 is 15.9 Å². The molecule has 0 atom stereocenters. The van der Waals surface area contributed by atoms with E-state index in [4.69, 9.17) is 10.8 Å². The molecule has 0 amide bonds. The van der Waals surface area contributed by atoms with Crippen LogP contribution in [0.25, 0.3) is 0 Å². The van der Waals surface area contributed by atoms with Gasteiger partial charge in [0.2, 0.25) is 0 Å². The molecule has 0 radical (unpaired) electrons. The minimum absolute atomic E-state index is 0. The first kappa shape index (κ1) is 15.0. The molecule has 0 heterocycles. The van der Waals surface area contributed by atoms with E-state index in [-0.39, 0.29) is 35.3 Å². The second-order valence-corrected chi connectivity index (χ2v) is 3.49. The maximum Gasteiger partial charge on any atom is 0.339 e. The van der Waals surface area contributed by atoms with Gasteiger partial charge in [-0.3, -0.25) is 0 Å². The molecule has 7 heteroatoms. The Hall–Kier alpha value is -0.960. The van der Waals surface area contributed by atoms with Gasteiger partial charge in [0.15, 0.2) is 5.17 Å². The summed E-state index contributed by atoms with van der Waals surface area (Å²) >= 11 is 1.27. The molecule has 0 spiro atoms. The third-order valence-electron chi connectivity index (χ3n) is 1.66. The summed E-state index contributed by atoms with van der Waals surface area (Å²) in [4.78, 5) is 14.5. The lowest BCUT2D eigenvalue weighted by Gasteiger charge is -2.01. The van der Waals surface area contributed by atoms with E-state index in [1.165, 1.54) is 30.0 Å². The number of aromatic carboxylic acids is 1. The van der Waals surface area contributed by atoms with Crippen molar-refractivity contribution >= 4 is 52.6 Å². The fourth-order valence-corrected chi connectivity index (χ4v) is 1.14. The Morgan fingerprint density at radius 1 is 1.50 bits per heavy atom. The van der Waals surface area contributed by atoms with Crippen LogP contribution in [0.1, 0.15) is 10.4 Å². The van der Waals surface area contributed by atoms with Crippen LogP contribution in [-0.4, -0.2) is 27.6 Å². The Bertz CT molecular complexity index is 423. The molecular formula is C9H11IN2O3S. The van der Waals surface area contributed by atoms with Crippen molar-refractivity contribution in [2.75, 3.05) is 6.26 Å². The van der Waals surface area contributed by atoms with Gasteiger partial charge in [-0.2, -0.15) is 0 Å². The number of aromatic hydroxyl groups is 1. The molecule has 16 heavy (non-hydrogen) atoms. The number of halogens is 1. The second kappa shape index (κ2) is 6.59. The van der Waals surface area contributed by atoms with Gasteiger partial charge in [-0.25, -0.2) is 9.79 Å². The number of nitrogens with zero attached hydrogens (tertiary/aromatic N) is 1. The molecule has 0 aliphatic heterocycles. The Labute approximate surface area is 114 Å². The number of thioether (sulfide) groups is 1. The van der Waals surface area contributed by atoms with E-state index in [1.807, 2.05) is 0 Å². The van der Waals surface area contributed by atoms with Crippen LogP contribution in [0.5, 0.6) is 5.75 Å². The highest BCUT2D eigenvalue weighted by Gasteiger charge is 2.09. The summed E-state index contributed by atoms with van der Waals surface area (Å²) in [6.45, 7) is 0. The number of nitrogens with two attached hydrogens (primary N) is 1. The molecule has 1 rings (SSSR count). The molecule has 4 N–H and O–H groups in total. The molecule has 0 saturated heterocycles. The molecule has 0 aromatic heterocycles. The van der Waals surface area contributed by atoms with Gasteiger partial charge in [-0.15, -0.1) is 24.0 Å². The number of hydrogen-bond donors (Lipinski definition) is 3. The van der Waals surface area contributed by atoms with E-state index in [2.05, 4.69) is 4.99 Å². The fraction of sp³-hybridized carbons (Fsp3) is 0.111. The predicted octanol–water partition coefficient (Wildman–Crippen LogP) is 2.02. The van der Waals surface area contributed by atoms with Crippen LogP contribution in [0.4, 0.5) is 5.69 Å². The quantitative estimate of drug-likeness (QED) is 0.429. The van der Waals surface area contributed by atoms with Crippen molar-refractivity contribution in [3.05, 3.63) is 23.8 Å².